The zero-order valence-corrected chi connectivity index (χ0v) is 17.0. The molecule has 30 heavy (non-hydrogen) atoms. The van der Waals surface area contributed by atoms with Crippen LogP contribution < -0.4 is 5.63 Å². The number of fused-ring (bicyclic) bond motifs is 2. The van der Waals surface area contributed by atoms with Gasteiger partial charge in [-0.25, -0.2) is 14.6 Å². The number of hydrogen-bond acceptors (Lipinski definition) is 6. The van der Waals surface area contributed by atoms with Crippen molar-refractivity contribution >= 4 is 34.1 Å². The van der Waals surface area contributed by atoms with Crippen LogP contribution in [0.5, 0.6) is 0 Å². The van der Waals surface area contributed by atoms with Crippen molar-refractivity contribution in [3.63, 3.8) is 0 Å². The van der Waals surface area contributed by atoms with Gasteiger partial charge in [0.05, 0.1) is 0 Å². The van der Waals surface area contributed by atoms with Crippen LogP contribution in [-0.2, 0) is 16.1 Å². The molecule has 4 aromatic rings. The van der Waals surface area contributed by atoms with Gasteiger partial charge in [-0.2, -0.15) is 0 Å². The lowest BCUT2D eigenvalue weighted by atomic mass is 9.95. The van der Waals surface area contributed by atoms with Crippen molar-refractivity contribution in [3.05, 3.63) is 81.5 Å². The van der Waals surface area contributed by atoms with Crippen LogP contribution in [-0.4, -0.2) is 11.0 Å². The first kappa shape index (κ1) is 19.6. The molecule has 0 saturated carbocycles. The van der Waals surface area contributed by atoms with E-state index in [4.69, 9.17) is 13.6 Å². The van der Waals surface area contributed by atoms with Crippen molar-refractivity contribution in [2.24, 2.45) is 0 Å². The number of oxazole rings is 1. The first-order valence-corrected chi connectivity index (χ1v) is 9.68. The second kappa shape index (κ2) is 7.99. The summed E-state index contributed by atoms with van der Waals surface area (Å²) in [6, 6.07) is 12.5. The number of carbonyl (C=O) groups excluding carboxylic acids is 1. The Bertz CT molecular complexity index is 1290. The lowest BCUT2D eigenvalue weighted by molar-refractivity contribution is -0.138. The van der Waals surface area contributed by atoms with E-state index in [9.17, 15) is 9.59 Å². The summed E-state index contributed by atoms with van der Waals surface area (Å²) in [7, 11) is 0. The number of rotatable bonds is 5. The average molecular weight is 403 g/mol. The molecule has 0 N–H and O–H groups in total. The van der Waals surface area contributed by atoms with E-state index in [-0.39, 0.29) is 6.61 Å². The van der Waals surface area contributed by atoms with Gasteiger partial charge in [0.25, 0.3) is 0 Å². The standard InChI is InChI=1S/C24H21NO5/c1-14(2)17-12-18-16(11-24(27)30-21(18)10-15(17)3)13-28-23(26)9-8-22-25-19-6-4-5-7-20(19)29-22/h4-12,14H,13H2,1-3H3/b9-8+. The third-order valence-electron chi connectivity index (χ3n) is 4.88. The minimum atomic E-state index is -0.560. The van der Waals surface area contributed by atoms with Gasteiger partial charge in [-0.15, -0.1) is 0 Å². The normalized spacial score (nSPS) is 11.7. The molecule has 0 fully saturated rings. The second-order valence-electron chi connectivity index (χ2n) is 7.41. The number of ether oxygens (including phenoxy) is 1. The number of esters is 1. The van der Waals surface area contributed by atoms with E-state index in [0.29, 0.717) is 34.1 Å². The number of hydrogen-bond donors (Lipinski definition) is 0. The van der Waals surface area contributed by atoms with Crippen molar-refractivity contribution in [2.45, 2.75) is 33.3 Å². The summed E-state index contributed by atoms with van der Waals surface area (Å²) < 4.78 is 16.2. The SMILES string of the molecule is Cc1cc2oc(=O)cc(COC(=O)/C=C/c3nc4ccccc4o3)c2cc1C(C)C. The van der Waals surface area contributed by atoms with Crippen molar-refractivity contribution < 1.29 is 18.4 Å². The van der Waals surface area contributed by atoms with E-state index in [1.165, 1.54) is 18.2 Å². The minimum Gasteiger partial charge on any atom is -0.458 e. The van der Waals surface area contributed by atoms with Gasteiger partial charge in [0.15, 0.2) is 5.58 Å². The van der Waals surface area contributed by atoms with Crippen LogP contribution in [0.4, 0.5) is 0 Å². The average Bonchev–Trinajstić information content (AvgIpc) is 3.12. The molecule has 0 atom stereocenters. The number of nitrogens with zero attached hydrogens (tertiary/aromatic N) is 1. The van der Waals surface area contributed by atoms with Gasteiger partial charge in [0.2, 0.25) is 5.89 Å². The predicted octanol–water partition coefficient (Wildman–Crippen LogP) is 5.12. The van der Waals surface area contributed by atoms with Crippen LogP contribution in [0.1, 0.15) is 42.3 Å². The molecule has 0 saturated heterocycles. The third-order valence-corrected chi connectivity index (χ3v) is 4.88. The molecular weight excluding hydrogens is 382 g/mol. The summed E-state index contributed by atoms with van der Waals surface area (Å²) in [5.74, 6) is 0.0711. The monoisotopic (exact) mass is 403 g/mol. The number of aryl methyl sites for hydroxylation is 1. The lowest BCUT2D eigenvalue weighted by Gasteiger charge is -2.13. The molecule has 152 valence electrons. The van der Waals surface area contributed by atoms with E-state index in [0.717, 1.165) is 16.5 Å². The highest BCUT2D eigenvalue weighted by molar-refractivity contribution is 5.87. The fraction of sp³-hybridized carbons (Fsp3) is 0.208. The van der Waals surface area contributed by atoms with Crippen LogP contribution in [0.15, 0.2) is 62.2 Å². The molecule has 2 heterocycles. The molecule has 2 aromatic heterocycles. The van der Waals surface area contributed by atoms with Gasteiger partial charge in [-0.05, 0) is 48.2 Å². The summed E-state index contributed by atoms with van der Waals surface area (Å²) in [5, 5.41) is 0.764. The molecule has 0 spiro atoms. The molecule has 2 aromatic carbocycles. The molecule has 0 radical (unpaired) electrons. The third kappa shape index (κ3) is 4.03. The van der Waals surface area contributed by atoms with Crippen molar-refractivity contribution in [1.29, 1.82) is 0 Å². The van der Waals surface area contributed by atoms with Crippen LogP contribution in [0.3, 0.4) is 0 Å². The van der Waals surface area contributed by atoms with Crippen molar-refractivity contribution in [2.75, 3.05) is 0 Å². The fourth-order valence-corrected chi connectivity index (χ4v) is 3.43. The first-order chi connectivity index (χ1) is 14.4. The van der Waals surface area contributed by atoms with Crippen LogP contribution in [0, 0.1) is 6.92 Å². The Morgan fingerprint density at radius 1 is 1.13 bits per heavy atom. The van der Waals surface area contributed by atoms with Crippen LogP contribution >= 0.6 is 0 Å². The molecule has 0 amide bonds. The predicted molar refractivity (Wildman–Crippen MR) is 114 cm³/mol. The summed E-state index contributed by atoms with van der Waals surface area (Å²) in [4.78, 5) is 28.4. The van der Waals surface area contributed by atoms with Gasteiger partial charge in [0.1, 0.15) is 17.7 Å². The highest BCUT2D eigenvalue weighted by Gasteiger charge is 2.12. The van der Waals surface area contributed by atoms with Gasteiger partial charge in [0, 0.05) is 29.2 Å². The van der Waals surface area contributed by atoms with Gasteiger partial charge in [-0.3, -0.25) is 0 Å². The Hall–Kier alpha value is -3.67. The Labute approximate surface area is 172 Å². The summed E-state index contributed by atoms with van der Waals surface area (Å²) >= 11 is 0. The van der Waals surface area contributed by atoms with Gasteiger partial charge >= 0.3 is 11.6 Å². The molecule has 6 heteroatoms. The lowest BCUT2D eigenvalue weighted by Crippen LogP contribution is -2.06. The highest BCUT2D eigenvalue weighted by atomic mass is 16.5. The summed E-state index contributed by atoms with van der Waals surface area (Å²) in [5.41, 5.74) is 4.17. The van der Waals surface area contributed by atoms with Gasteiger partial charge in [-0.1, -0.05) is 26.0 Å². The number of aromatic nitrogens is 1. The fourth-order valence-electron chi connectivity index (χ4n) is 3.43. The Kier molecular flexibility index (Phi) is 5.23. The molecule has 0 aliphatic rings. The quantitative estimate of drug-likeness (QED) is 0.261. The molecule has 6 nitrogen and oxygen atoms in total. The largest absolute Gasteiger partial charge is 0.458 e. The van der Waals surface area contributed by atoms with Gasteiger partial charge < -0.3 is 13.6 Å². The summed E-state index contributed by atoms with van der Waals surface area (Å²) in [6.07, 6.45) is 2.71. The summed E-state index contributed by atoms with van der Waals surface area (Å²) in [6.45, 7) is 6.14. The van der Waals surface area contributed by atoms with E-state index in [1.807, 2.05) is 37.3 Å². The number of benzene rings is 2. The minimum absolute atomic E-state index is 0.0422. The molecular formula is C24H21NO5. The van der Waals surface area contributed by atoms with Crippen LogP contribution in [0.25, 0.3) is 28.1 Å². The number of para-hydroxylation sites is 2. The number of carbonyl (C=O) groups is 1. The molecule has 0 aliphatic heterocycles. The molecule has 0 aliphatic carbocycles. The zero-order chi connectivity index (χ0) is 21.3. The van der Waals surface area contributed by atoms with E-state index in [1.54, 1.807) is 6.07 Å². The second-order valence-corrected chi connectivity index (χ2v) is 7.41. The molecule has 0 unspecified atom stereocenters. The van der Waals surface area contributed by atoms with Crippen LogP contribution in [0.2, 0.25) is 0 Å². The maximum absolute atomic E-state index is 12.2. The Morgan fingerprint density at radius 3 is 2.70 bits per heavy atom. The van der Waals surface area contributed by atoms with E-state index in [2.05, 4.69) is 18.8 Å². The highest BCUT2D eigenvalue weighted by Crippen LogP contribution is 2.27. The topological polar surface area (TPSA) is 82.5 Å². The van der Waals surface area contributed by atoms with E-state index >= 15 is 0 Å². The molecule has 4 rings (SSSR count). The molecule has 0 bridgehead atoms. The van der Waals surface area contributed by atoms with E-state index < -0.39 is 11.6 Å². The van der Waals surface area contributed by atoms with Crippen molar-refractivity contribution in [1.82, 2.24) is 4.98 Å². The van der Waals surface area contributed by atoms with Crippen molar-refractivity contribution in [3.8, 4) is 0 Å². The maximum atomic E-state index is 12.2. The Morgan fingerprint density at radius 2 is 1.93 bits per heavy atom. The maximum Gasteiger partial charge on any atom is 0.336 e. The first-order valence-electron chi connectivity index (χ1n) is 9.68. The smallest absolute Gasteiger partial charge is 0.336 e. The zero-order valence-electron chi connectivity index (χ0n) is 17.0. The Balaban J connectivity index is 1.54.